The molecule has 2 amide bonds. The van der Waals surface area contributed by atoms with E-state index < -0.39 is 0 Å². The predicted octanol–water partition coefficient (Wildman–Crippen LogP) is 5.19. The zero-order chi connectivity index (χ0) is 29.9. The summed E-state index contributed by atoms with van der Waals surface area (Å²) < 4.78 is 11.7. The molecule has 1 saturated heterocycles. The minimum Gasteiger partial charge on any atom is -0.438 e. The van der Waals surface area contributed by atoms with E-state index in [-0.39, 0.29) is 23.5 Å². The van der Waals surface area contributed by atoms with Crippen LogP contribution in [0.4, 0.5) is 16.4 Å². The van der Waals surface area contributed by atoms with E-state index in [9.17, 15) is 4.79 Å². The summed E-state index contributed by atoms with van der Waals surface area (Å²) in [6.07, 6.45) is 3.85. The first-order valence-corrected chi connectivity index (χ1v) is 14.4. The maximum absolute atomic E-state index is 13.2. The van der Waals surface area contributed by atoms with Crippen molar-refractivity contribution in [3.05, 3.63) is 83.3 Å². The van der Waals surface area contributed by atoms with Crippen LogP contribution in [0.3, 0.4) is 0 Å². The third-order valence-electron chi connectivity index (χ3n) is 7.93. The first-order valence-electron chi connectivity index (χ1n) is 14.4. The number of amides is 2. The number of rotatable bonds is 7. The molecule has 10 heteroatoms. The van der Waals surface area contributed by atoms with Gasteiger partial charge in [0.05, 0.1) is 24.4 Å². The average Bonchev–Trinajstić information content (AvgIpc) is 3.31. The second-order valence-corrected chi connectivity index (χ2v) is 12.0. The number of carbonyl (C=O) groups is 1. The van der Waals surface area contributed by atoms with E-state index in [0.29, 0.717) is 36.6 Å². The number of aromatic nitrogens is 2. The molecule has 42 heavy (non-hydrogen) atoms. The molecule has 3 aromatic rings. The van der Waals surface area contributed by atoms with Gasteiger partial charge < -0.3 is 19.7 Å². The van der Waals surface area contributed by atoms with Gasteiger partial charge in [-0.1, -0.05) is 56.7 Å². The van der Waals surface area contributed by atoms with Gasteiger partial charge in [-0.25, -0.2) is 15.2 Å². The number of nitrogens with one attached hydrogen (secondary N) is 3. The highest BCUT2D eigenvalue weighted by Gasteiger charge is 2.43. The fraction of sp³-hybridized carbons (Fsp3) is 0.406. The van der Waals surface area contributed by atoms with Crippen molar-refractivity contribution < 1.29 is 14.3 Å². The van der Waals surface area contributed by atoms with Gasteiger partial charge in [-0.05, 0) is 50.5 Å². The first-order chi connectivity index (χ1) is 20.0. The van der Waals surface area contributed by atoms with E-state index in [0.717, 1.165) is 29.9 Å². The fourth-order valence-corrected chi connectivity index (χ4v) is 4.66. The van der Waals surface area contributed by atoms with Crippen molar-refractivity contribution >= 4 is 17.7 Å². The number of anilines is 2. The van der Waals surface area contributed by atoms with Crippen LogP contribution >= 0.6 is 0 Å². The lowest BCUT2D eigenvalue weighted by molar-refractivity contribution is 0.122. The van der Waals surface area contributed by atoms with Crippen LogP contribution in [-0.4, -0.2) is 47.8 Å². The number of morpholine rings is 1. The van der Waals surface area contributed by atoms with Crippen LogP contribution in [0.2, 0.25) is 0 Å². The van der Waals surface area contributed by atoms with E-state index in [1.54, 1.807) is 6.20 Å². The molecule has 10 nitrogen and oxygen atoms in total. The van der Waals surface area contributed by atoms with E-state index in [1.807, 2.05) is 48.3 Å². The lowest BCUT2D eigenvalue weighted by Gasteiger charge is -2.38. The summed E-state index contributed by atoms with van der Waals surface area (Å²) in [6.45, 7) is 15.7. The Morgan fingerprint density at radius 1 is 1.10 bits per heavy atom. The van der Waals surface area contributed by atoms with Gasteiger partial charge >= 0.3 is 6.03 Å². The third kappa shape index (κ3) is 6.50. The van der Waals surface area contributed by atoms with Crippen molar-refractivity contribution in [2.75, 3.05) is 36.2 Å². The summed E-state index contributed by atoms with van der Waals surface area (Å²) in [5.41, 5.74) is 6.88. The van der Waals surface area contributed by atoms with Crippen molar-refractivity contribution in [2.45, 2.75) is 53.6 Å². The molecule has 0 spiro atoms. The molecular formula is C32H41N7O3. The number of aryl methyl sites for hydroxylation is 2. The van der Waals surface area contributed by atoms with Crippen molar-refractivity contribution in [2.24, 2.45) is 5.41 Å². The maximum atomic E-state index is 13.2. The highest BCUT2D eigenvalue weighted by molar-refractivity contribution is 5.77. The summed E-state index contributed by atoms with van der Waals surface area (Å²) in [5, 5.41) is 7.99. The zero-order valence-electron chi connectivity index (χ0n) is 25.3. The summed E-state index contributed by atoms with van der Waals surface area (Å²) in [7, 11) is 0. The Morgan fingerprint density at radius 3 is 2.52 bits per heavy atom. The summed E-state index contributed by atoms with van der Waals surface area (Å²) >= 11 is 0. The number of hydrogen-bond donors (Lipinski definition) is 3. The van der Waals surface area contributed by atoms with Crippen LogP contribution in [0.1, 0.15) is 44.4 Å². The molecule has 1 fully saturated rings. The van der Waals surface area contributed by atoms with Crippen molar-refractivity contribution in [1.82, 2.24) is 26.0 Å². The number of nitrogens with zero attached hydrogens (tertiary/aromatic N) is 4. The van der Waals surface area contributed by atoms with E-state index in [1.165, 1.54) is 5.56 Å². The van der Waals surface area contributed by atoms with Crippen LogP contribution in [0.15, 0.2) is 66.6 Å². The predicted molar refractivity (Wildman–Crippen MR) is 164 cm³/mol. The molecule has 5 rings (SSSR count). The fourth-order valence-electron chi connectivity index (χ4n) is 4.66. The smallest absolute Gasteiger partial charge is 0.320 e. The van der Waals surface area contributed by atoms with Crippen LogP contribution in [-0.2, 0) is 11.3 Å². The van der Waals surface area contributed by atoms with Crippen molar-refractivity contribution in [1.29, 1.82) is 0 Å². The molecule has 1 aromatic heterocycles. The highest BCUT2D eigenvalue weighted by Crippen LogP contribution is 2.38. The highest BCUT2D eigenvalue weighted by atomic mass is 16.5. The minimum atomic E-state index is -0.379. The Hall–Kier alpha value is -4.15. The molecule has 0 aliphatic carbocycles. The monoisotopic (exact) mass is 571 g/mol. The van der Waals surface area contributed by atoms with Gasteiger partial charge in [0, 0.05) is 37.0 Å². The maximum Gasteiger partial charge on any atom is 0.320 e. The Balaban J connectivity index is 1.29. The number of carbonyl (C=O) groups excluding carboxylic acids is 1. The summed E-state index contributed by atoms with van der Waals surface area (Å²) in [6, 6.07) is 15.5. The normalized spacial score (nSPS) is 19.0. The van der Waals surface area contributed by atoms with E-state index in [4.69, 9.17) is 9.47 Å². The molecule has 2 aromatic carbocycles. The molecule has 0 radical (unpaired) electrons. The molecule has 1 unspecified atom stereocenters. The van der Waals surface area contributed by atoms with Crippen molar-refractivity contribution in [3.8, 4) is 11.6 Å². The van der Waals surface area contributed by atoms with Gasteiger partial charge in [0.15, 0.2) is 0 Å². The number of hydrazine groups is 1. The van der Waals surface area contributed by atoms with Gasteiger partial charge in [0.2, 0.25) is 11.8 Å². The Labute approximate surface area is 248 Å². The van der Waals surface area contributed by atoms with Gasteiger partial charge in [-0.3, -0.25) is 10.3 Å². The second-order valence-electron chi connectivity index (χ2n) is 12.0. The number of urea groups is 1. The van der Waals surface area contributed by atoms with Crippen LogP contribution < -0.4 is 30.7 Å². The molecule has 3 N–H and O–H groups in total. The minimum absolute atomic E-state index is 0.104. The standard InChI is InChI=1S/C32H41N7O3/c1-22-11-13-25(14-12-22)39-27(19-32(6,37-39)31(3,4)5)35-30(40)34-21-24-9-7-8-10-26(24)42-28-23(2)20-33-29(36-28)38-15-17-41-18-16-38/h7-14,19-20,37H,15-18,21H2,1-6H3,(H2,34,35,40). The molecule has 0 bridgehead atoms. The second kappa shape index (κ2) is 12.0. The number of para-hydroxylation sites is 1. The molecular weight excluding hydrogens is 530 g/mol. The Kier molecular flexibility index (Phi) is 8.38. The van der Waals surface area contributed by atoms with Crippen LogP contribution in [0, 0.1) is 19.3 Å². The molecule has 3 heterocycles. The molecule has 0 saturated carbocycles. The lowest BCUT2D eigenvalue weighted by atomic mass is 9.76. The average molecular weight is 572 g/mol. The SMILES string of the molecule is Cc1ccc(N2NC(C)(C(C)(C)C)C=C2NC(=O)NCc2ccccc2Oc2nc(N3CCOCC3)ncc2C)cc1. The van der Waals surface area contributed by atoms with Crippen molar-refractivity contribution in [3.63, 3.8) is 0 Å². The summed E-state index contributed by atoms with van der Waals surface area (Å²) in [4.78, 5) is 24.5. The molecule has 2 aliphatic rings. The van der Waals surface area contributed by atoms with Gasteiger partial charge in [-0.2, -0.15) is 4.98 Å². The molecule has 2 aliphatic heterocycles. The van der Waals surface area contributed by atoms with E-state index in [2.05, 4.69) is 83.8 Å². The molecule has 222 valence electrons. The van der Waals surface area contributed by atoms with Gasteiger partial charge in [-0.15, -0.1) is 0 Å². The van der Waals surface area contributed by atoms with Gasteiger partial charge in [0.1, 0.15) is 11.6 Å². The lowest BCUT2D eigenvalue weighted by Crippen LogP contribution is -2.54. The van der Waals surface area contributed by atoms with Gasteiger partial charge in [0.25, 0.3) is 0 Å². The number of benzene rings is 2. The van der Waals surface area contributed by atoms with Crippen LogP contribution in [0.25, 0.3) is 0 Å². The quantitative estimate of drug-likeness (QED) is 0.356. The Bertz CT molecular complexity index is 1450. The zero-order valence-corrected chi connectivity index (χ0v) is 25.3. The topological polar surface area (TPSA) is 104 Å². The third-order valence-corrected chi connectivity index (χ3v) is 7.93. The Morgan fingerprint density at radius 2 is 1.81 bits per heavy atom. The van der Waals surface area contributed by atoms with E-state index >= 15 is 0 Å². The largest absolute Gasteiger partial charge is 0.438 e. The molecule has 1 atom stereocenters. The number of hydrogen-bond acceptors (Lipinski definition) is 8. The first kappa shape index (κ1) is 29.3. The number of ether oxygens (including phenoxy) is 2. The summed E-state index contributed by atoms with van der Waals surface area (Å²) in [5.74, 6) is 2.40. The van der Waals surface area contributed by atoms with Crippen LogP contribution in [0.5, 0.6) is 11.6 Å².